The van der Waals surface area contributed by atoms with Gasteiger partial charge in [-0.15, -0.1) is 11.3 Å². The van der Waals surface area contributed by atoms with E-state index in [1.165, 1.54) is 11.3 Å². The molecule has 5 nitrogen and oxygen atoms in total. The van der Waals surface area contributed by atoms with Gasteiger partial charge < -0.3 is 15.4 Å². The topological polar surface area (TPSA) is 63.2 Å². The van der Waals surface area contributed by atoms with Crippen LogP contribution in [0.2, 0.25) is 0 Å². The highest BCUT2D eigenvalue weighted by molar-refractivity contribution is 7.09. The van der Waals surface area contributed by atoms with Crippen LogP contribution in [-0.2, 0) is 11.3 Å². The first-order valence-electron chi connectivity index (χ1n) is 6.86. The SMILES string of the molecule is CCOC(CNC(=O)NCc1nccs1)c1ccccc1. The van der Waals surface area contributed by atoms with Crippen LogP contribution in [0.3, 0.4) is 0 Å². The molecule has 1 aromatic heterocycles. The minimum atomic E-state index is -0.217. The second-order valence-corrected chi connectivity index (χ2v) is 5.32. The van der Waals surface area contributed by atoms with E-state index >= 15 is 0 Å². The fourth-order valence-corrected chi connectivity index (χ4v) is 2.44. The number of carbonyl (C=O) groups is 1. The largest absolute Gasteiger partial charge is 0.372 e. The average Bonchev–Trinajstić information content (AvgIpc) is 3.03. The van der Waals surface area contributed by atoms with Crippen molar-refractivity contribution in [1.29, 1.82) is 0 Å². The molecule has 112 valence electrons. The van der Waals surface area contributed by atoms with Gasteiger partial charge in [0.2, 0.25) is 0 Å². The Morgan fingerprint density at radius 2 is 2.14 bits per heavy atom. The molecule has 0 spiro atoms. The highest BCUT2D eigenvalue weighted by Gasteiger charge is 2.12. The zero-order chi connectivity index (χ0) is 14.9. The molecule has 0 aliphatic rings. The van der Waals surface area contributed by atoms with Crippen LogP contribution in [0, 0.1) is 0 Å². The monoisotopic (exact) mass is 305 g/mol. The zero-order valence-corrected chi connectivity index (χ0v) is 12.7. The molecule has 0 fully saturated rings. The molecule has 2 N–H and O–H groups in total. The van der Waals surface area contributed by atoms with Gasteiger partial charge in [-0.25, -0.2) is 9.78 Å². The van der Waals surface area contributed by atoms with Crippen molar-refractivity contribution in [3.8, 4) is 0 Å². The second kappa shape index (κ2) is 8.39. The van der Waals surface area contributed by atoms with Crippen molar-refractivity contribution in [3.63, 3.8) is 0 Å². The van der Waals surface area contributed by atoms with Crippen molar-refractivity contribution < 1.29 is 9.53 Å². The lowest BCUT2D eigenvalue weighted by atomic mass is 10.1. The molecule has 21 heavy (non-hydrogen) atoms. The van der Waals surface area contributed by atoms with Crippen molar-refractivity contribution in [1.82, 2.24) is 15.6 Å². The number of urea groups is 1. The maximum atomic E-state index is 11.8. The number of amides is 2. The van der Waals surface area contributed by atoms with Gasteiger partial charge in [-0.1, -0.05) is 30.3 Å². The minimum Gasteiger partial charge on any atom is -0.372 e. The summed E-state index contributed by atoms with van der Waals surface area (Å²) in [6.45, 7) is 3.41. The number of nitrogens with one attached hydrogen (secondary N) is 2. The highest BCUT2D eigenvalue weighted by atomic mass is 32.1. The Hall–Kier alpha value is -1.92. The number of benzene rings is 1. The van der Waals surface area contributed by atoms with Crippen molar-refractivity contribution in [2.24, 2.45) is 0 Å². The van der Waals surface area contributed by atoms with Gasteiger partial charge in [0.05, 0.1) is 12.6 Å². The Labute approximate surface area is 128 Å². The quantitative estimate of drug-likeness (QED) is 0.826. The van der Waals surface area contributed by atoms with Crippen LogP contribution in [0.5, 0.6) is 0 Å². The number of rotatable bonds is 7. The van der Waals surface area contributed by atoms with E-state index in [1.807, 2.05) is 42.6 Å². The van der Waals surface area contributed by atoms with E-state index < -0.39 is 0 Å². The standard InChI is InChI=1S/C15H19N3O2S/c1-2-20-13(12-6-4-3-5-7-12)10-17-15(19)18-11-14-16-8-9-21-14/h3-9,13H,2,10-11H2,1H3,(H2,17,18,19). The summed E-state index contributed by atoms with van der Waals surface area (Å²) in [6.07, 6.45) is 1.59. The third-order valence-electron chi connectivity index (χ3n) is 2.87. The Morgan fingerprint density at radius 1 is 1.33 bits per heavy atom. The molecule has 0 saturated carbocycles. The lowest BCUT2D eigenvalue weighted by Crippen LogP contribution is -2.37. The maximum Gasteiger partial charge on any atom is 0.315 e. The smallest absolute Gasteiger partial charge is 0.315 e. The molecule has 2 amide bonds. The predicted molar refractivity (Wildman–Crippen MR) is 83.2 cm³/mol. The Morgan fingerprint density at radius 3 is 2.81 bits per heavy atom. The molecule has 0 aliphatic heterocycles. The molecule has 2 rings (SSSR count). The fourth-order valence-electron chi connectivity index (χ4n) is 1.89. The first-order valence-corrected chi connectivity index (χ1v) is 7.74. The van der Waals surface area contributed by atoms with Crippen LogP contribution >= 0.6 is 11.3 Å². The summed E-state index contributed by atoms with van der Waals surface area (Å²) in [4.78, 5) is 15.9. The summed E-state index contributed by atoms with van der Waals surface area (Å²) in [6, 6.07) is 9.66. The lowest BCUT2D eigenvalue weighted by molar-refractivity contribution is 0.0639. The van der Waals surface area contributed by atoms with Crippen LogP contribution in [0.25, 0.3) is 0 Å². The molecule has 1 aromatic carbocycles. The number of hydrogen-bond donors (Lipinski definition) is 2. The van der Waals surface area contributed by atoms with E-state index in [9.17, 15) is 4.79 Å². The molecule has 1 heterocycles. The number of nitrogens with zero attached hydrogens (tertiary/aromatic N) is 1. The predicted octanol–water partition coefficient (Wildman–Crippen LogP) is 2.72. The molecule has 0 saturated heterocycles. The van der Waals surface area contributed by atoms with Crippen LogP contribution in [-0.4, -0.2) is 24.2 Å². The summed E-state index contributed by atoms with van der Waals surface area (Å²) in [5.74, 6) is 0. The van der Waals surface area contributed by atoms with Crippen LogP contribution in [0.4, 0.5) is 4.79 Å². The summed E-state index contributed by atoms with van der Waals surface area (Å²) < 4.78 is 5.68. The van der Waals surface area contributed by atoms with Gasteiger partial charge in [-0.3, -0.25) is 0 Å². The first-order chi connectivity index (χ1) is 10.3. The van der Waals surface area contributed by atoms with Crippen molar-refractivity contribution in [2.75, 3.05) is 13.2 Å². The Bertz CT molecular complexity index is 531. The molecule has 2 aromatic rings. The Kier molecular flexibility index (Phi) is 6.18. The third kappa shape index (κ3) is 5.17. The summed E-state index contributed by atoms with van der Waals surface area (Å²) in [5.41, 5.74) is 1.06. The fraction of sp³-hybridized carbons (Fsp3) is 0.333. The van der Waals surface area contributed by atoms with Gasteiger partial charge in [0, 0.05) is 24.7 Å². The minimum absolute atomic E-state index is 0.137. The average molecular weight is 305 g/mol. The lowest BCUT2D eigenvalue weighted by Gasteiger charge is -2.18. The number of thiazole rings is 1. The van der Waals surface area contributed by atoms with Crippen molar-refractivity contribution in [2.45, 2.75) is 19.6 Å². The van der Waals surface area contributed by atoms with E-state index in [-0.39, 0.29) is 12.1 Å². The molecule has 6 heteroatoms. The van der Waals surface area contributed by atoms with E-state index in [0.717, 1.165) is 10.6 Å². The molecule has 0 bridgehead atoms. The number of ether oxygens (including phenoxy) is 1. The van der Waals surface area contributed by atoms with Gasteiger partial charge in [-0.05, 0) is 12.5 Å². The highest BCUT2D eigenvalue weighted by Crippen LogP contribution is 2.15. The molecular weight excluding hydrogens is 286 g/mol. The normalized spacial score (nSPS) is 11.9. The van der Waals surface area contributed by atoms with Gasteiger partial charge in [0.15, 0.2) is 0 Å². The summed E-state index contributed by atoms with van der Waals surface area (Å²) in [7, 11) is 0. The second-order valence-electron chi connectivity index (χ2n) is 4.34. The van der Waals surface area contributed by atoms with Crippen molar-refractivity contribution >= 4 is 17.4 Å². The van der Waals surface area contributed by atoms with Crippen LogP contribution in [0.15, 0.2) is 41.9 Å². The first kappa shape index (κ1) is 15.5. The molecular formula is C15H19N3O2S. The number of hydrogen-bond acceptors (Lipinski definition) is 4. The third-order valence-corrected chi connectivity index (χ3v) is 3.65. The Balaban J connectivity index is 1.80. The number of aromatic nitrogens is 1. The summed E-state index contributed by atoms with van der Waals surface area (Å²) in [5, 5.41) is 8.37. The van der Waals surface area contributed by atoms with Gasteiger partial charge in [-0.2, -0.15) is 0 Å². The van der Waals surface area contributed by atoms with Gasteiger partial charge in [0.25, 0.3) is 0 Å². The van der Waals surface area contributed by atoms with Crippen LogP contribution in [0.1, 0.15) is 23.6 Å². The summed E-state index contributed by atoms with van der Waals surface area (Å²) >= 11 is 1.52. The number of carbonyl (C=O) groups excluding carboxylic acids is 1. The van der Waals surface area contributed by atoms with E-state index in [0.29, 0.717) is 19.7 Å². The molecule has 1 atom stereocenters. The zero-order valence-electron chi connectivity index (χ0n) is 11.9. The van der Waals surface area contributed by atoms with Crippen molar-refractivity contribution in [3.05, 3.63) is 52.5 Å². The van der Waals surface area contributed by atoms with E-state index in [4.69, 9.17) is 4.74 Å². The van der Waals surface area contributed by atoms with Gasteiger partial charge >= 0.3 is 6.03 Å². The molecule has 1 unspecified atom stereocenters. The van der Waals surface area contributed by atoms with Crippen LogP contribution < -0.4 is 10.6 Å². The van der Waals surface area contributed by atoms with Gasteiger partial charge in [0.1, 0.15) is 5.01 Å². The molecule has 0 radical (unpaired) electrons. The maximum absolute atomic E-state index is 11.8. The molecule has 0 aliphatic carbocycles. The van der Waals surface area contributed by atoms with E-state index in [2.05, 4.69) is 15.6 Å². The van der Waals surface area contributed by atoms with E-state index in [1.54, 1.807) is 6.20 Å².